The minimum atomic E-state index is -0.0978. The van der Waals surface area contributed by atoms with Crippen LogP contribution in [0.1, 0.15) is 57.7 Å². The SMILES string of the molecule is CCC1(CC)CN(C(C)c2ccc(C)c(F)c2)C(C)CN1. The second-order valence-electron chi connectivity index (χ2n) is 6.57. The number of benzene rings is 1. The minimum Gasteiger partial charge on any atom is -0.308 e. The van der Waals surface area contributed by atoms with Crippen molar-refractivity contribution in [2.45, 2.75) is 65.1 Å². The van der Waals surface area contributed by atoms with E-state index in [4.69, 9.17) is 0 Å². The fourth-order valence-corrected chi connectivity index (χ4v) is 3.35. The standard InChI is InChI=1S/C18H29FN2/c1-6-18(7-2)12-21(14(4)11-20-18)15(5)16-9-8-13(3)17(19)10-16/h8-10,14-15,20H,6-7,11-12H2,1-5H3. The Kier molecular flexibility index (Phi) is 5.05. The largest absolute Gasteiger partial charge is 0.308 e. The Hall–Kier alpha value is -0.930. The maximum Gasteiger partial charge on any atom is 0.126 e. The number of piperazine rings is 1. The number of hydrogen-bond donors (Lipinski definition) is 1. The summed E-state index contributed by atoms with van der Waals surface area (Å²) in [5.41, 5.74) is 1.99. The summed E-state index contributed by atoms with van der Waals surface area (Å²) in [4.78, 5) is 2.52. The molecular weight excluding hydrogens is 263 g/mol. The van der Waals surface area contributed by atoms with Crippen LogP contribution in [-0.2, 0) is 0 Å². The molecule has 2 rings (SSSR count). The van der Waals surface area contributed by atoms with Crippen LogP contribution in [0.2, 0.25) is 0 Å². The third-order valence-electron chi connectivity index (χ3n) is 5.35. The van der Waals surface area contributed by atoms with Gasteiger partial charge in [0.2, 0.25) is 0 Å². The van der Waals surface area contributed by atoms with Crippen molar-refractivity contribution in [2.24, 2.45) is 0 Å². The van der Waals surface area contributed by atoms with Crippen molar-refractivity contribution in [3.05, 3.63) is 35.1 Å². The highest BCUT2D eigenvalue weighted by Gasteiger charge is 2.37. The van der Waals surface area contributed by atoms with Gasteiger partial charge in [-0.3, -0.25) is 4.90 Å². The molecule has 0 amide bonds. The number of nitrogens with zero attached hydrogens (tertiary/aromatic N) is 1. The predicted molar refractivity (Wildman–Crippen MR) is 87.0 cm³/mol. The summed E-state index contributed by atoms with van der Waals surface area (Å²) in [5.74, 6) is -0.0978. The van der Waals surface area contributed by atoms with Gasteiger partial charge in [-0.1, -0.05) is 26.0 Å². The molecule has 1 N–H and O–H groups in total. The lowest BCUT2D eigenvalue weighted by molar-refractivity contribution is 0.0496. The smallest absolute Gasteiger partial charge is 0.126 e. The lowest BCUT2D eigenvalue weighted by Crippen LogP contribution is -2.63. The van der Waals surface area contributed by atoms with Gasteiger partial charge in [0.05, 0.1) is 0 Å². The fraction of sp³-hybridized carbons (Fsp3) is 0.667. The Balaban J connectivity index is 2.23. The van der Waals surface area contributed by atoms with E-state index in [0.717, 1.165) is 37.1 Å². The molecular formula is C18H29FN2. The van der Waals surface area contributed by atoms with Gasteiger partial charge in [0.25, 0.3) is 0 Å². The van der Waals surface area contributed by atoms with Crippen LogP contribution in [-0.4, -0.2) is 29.6 Å². The topological polar surface area (TPSA) is 15.3 Å². The average molecular weight is 292 g/mol. The van der Waals surface area contributed by atoms with Crippen LogP contribution >= 0.6 is 0 Å². The third kappa shape index (κ3) is 3.29. The zero-order valence-corrected chi connectivity index (χ0v) is 14.0. The van der Waals surface area contributed by atoms with Gasteiger partial charge >= 0.3 is 0 Å². The normalized spacial score (nSPS) is 24.0. The van der Waals surface area contributed by atoms with Gasteiger partial charge in [0.15, 0.2) is 0 Å². The molecule has 1 saturated heterocycles. The molecule has 0 spiro atoms. The minimum absolute atomic E-state index is 0.0978. The Bertz CT molecular complexity index is 482. The summed E-state index contributed by atoms with van der Waals surface area (Å²) in [6.07, 6.45) is 2.25. The van der Waals surface area contributed by atoms with E-state index in [2.05, 4.69) is 44.0 Å². The van der Waals surface area contributed by atoms with Crippen molar-refractivity contribution in [3.8, 4) is 0 Å². The Morgan fingerprint density at radius 3 is 2.62 bits per heavy atom. The molecule has 0 aromatic heterocycles. The van der Waals surface area contributed by atoms with Gasteiger partial charge in [-0.05, 0) is 50.8 Å². The quantitative estimate of drug-likeness (QED) is 0.900. The van der Waals surface area contributed by atoms with Crippen LogP contribution in [0.5, 0.6) is 0 Å². The first kappa shape index (κ1) is 16.4. The van der Waals surface area contributed by atoms with Crippen molar-refractivity contribution in [3.63, 3.8) is 0 Å². The molecule has 2 unspecified atom stereocenters. The second-order valence-corrected chi connectivity index (χ2v) is 6.57. The average Bonchev–Trinajstić information content (AvgIpc) is 2.50. The number of hydrogen-bond acceptors (Lipinski definition) is 2. The molecule has 0 saturated carbocycles. The zero-order chi connectivity index (χ0) is 15.6. The van der Waals surface area contributed by atoms with Gasteiger partial charge in [0.1, 0.15) is 5.82 Å². The zero-order valence-electron chi connectivity index (χ0n) is 14.0. The van der Waals surface area contributed by atoms with Gasteiger partial charge in [-0.2, -0.15) is 0 Å². The van der Waals surface area contributed by atoms with Crippen molar-refractivity contribution in [1.29, 1.82) is 0 Å². The van der Waals surface area contributed by atoms with Crippen LogP contribution in [0.15, 0.2) is 18.2 Å². The molecule has 21 heavy (non-hydrogen) atoms. The second kappa shape index (κ2) is 6.45. The van der Waals surface area contributed by atoms with E-state index in [-0.39, 0.29) is 17.4 Å². The molecule has 1 aliphatic heterocycles. The summed E-state index contributed by atoms with van der Waals surface area (Å²) in [6.45, 7) is 12.8. The highest BCUT2D eigenvalue weighted by molar-refractivity contribution is 5.26. The fourth-order valence-electron chi connectivity index (χ4n) is 3.35. The molecule has 1 aromatic carbocycles. The lowest BCUT2D eigenvalue weighted by Gasteiger charge is -2.49. The van der Waals surface area contributed by atoms with Crippen LogP contribution in [0, 0.1) is 12.7 Å². The molecule has 2 atom stereocenters. The monoisotopic (exact) mass is 292 g/mol. The molecule has 2 nitrogen and oxygen atoms in total. The van der Waals surface area contributed by atoms with E-state index < -0.39 is 0 Å². The van der Waals surface area contributed by atoms with Crippen molar-refractivity contribution in [1.82, 2.24) is 10.2 Å². The molecule has 1 aromatic rings. The third-order valence-corrected chi connectivity index (χ3v) is 5.35. The van der Waals surface area contributed by atoms with Gasteiger partial charge in [-0.15, -0.1) is 0 Å². The summed E-state index contributed by atoms with van der Waals surface area (Å²) in [7, 11) is 0. The lowest BCUT2D eigenvalue weighted by atomic mass is 9.87. The summed E-state index contributed by atoms with van der Waals surface area (Å²) >= 11 is 0. The van der Waals surface area contributed by atoms with Crippen LogP contribution < -0.4 is 5.32 Å². The maximum absolute atomic E-state index is 13.9. The number of aryl methyl sites for hydroxylation is 1. The first-order valence-electron chi connectivity index (χ1n) is 8.19. The number of nitrogens with one attached hydrogen (secondary N) is 1. The van der Waals surface area contributed by atoms with E-state index in [0.29, 0.717) is 6.04 Å². The molecule has 0 bridgehead atoms. The Labute approximate surface area is 128 Å². The molecule has 0 radical (unpaired) electrons. The van der Waals surface area contributed by atoms with Crippen LogP contribution in [0.4, 0.5) is 4.39 Å². The molecule has 3 heteroatoms. The van der Waals surface area contributed by atoms with E-state index in [1.807, 2.05) is 13.0 Å². The van der Waals surface area contributed by atoms with Gasteiger partial charge < -0.3 is 5.32 Å². The molecule has 1 fully saturated rings. The van der Waals surface area contributed by atoms with Crippen LogP contribution in [0.25, 0.3) is 0 Å². The Morgan fingerprint density at radius 2 is 2.05 bits per heavy atom. The van der Waals surface area contributed by atoms with E-state index in [1.165, 1.54) is 0 Å². The van der Waals surface area contributed by atoms with E-state index in [1.54, 1.807) is 6.07 Å². The summed E-state index contributed by atoms with van der Waals surface area (Å²) in [5, 5.41) is 3.72. The summed E-state index contributed by atoms with van der Waals surface area (Å²) < 4.78 is 13.9. The van der Waals surface area contributed by atoms with Crippen molar-refractivity contribution < 1.29 is 4.39 Å². The highest BCUT2D eigenvalue weighted by Crippen LogP contribution is 2.30. The first-order chi connectivity index (χ1) is 9.92. The van der Waals surface area contributed by atoms with Crippen LogP contribution in [0.3, 0.4) is 0 Å². The van der Waals surface area contributed by atoms with Crippen molar-refractivity contribution >= 4 is 0 Å². The molecule has 0 aliphatic carbocycles. The van der Waals surface area contributed by atoms with Gasteiger partial charge in [-0.25, -0.2) is 4.39 Å². The highest BCUT2D eigenvalue weighted by atomic mass is 19.1. The summed E-state index contributed by atoms with van der Waals surface area (Å²) in [6, 6.07) is 6.37. The van der Waals surface area contributed by atoms with Gasteiger partial charge in [0, 0.05) is 30.7 Å². The van der Waals surface area contributed by atoms with Crippen molar-refractivity contribution in [2.75, 3.05) is 13.1 Å². The van der Waals surface area contributed by atoms with E-state index >= 15 is 0 Å². The molecule has 1 heterocycles. The maximum atomic E-state index is 13.9. The number of rotatable bonds is 4. The Morgan fingerprint density at radius 1 is 1.38 bits per heavy atom. The molecule has 118 valence electrons. The first-order valence-corrected chi connectivity index (χ1v) is 8.19. The predicted octanol–water partition coefficient (Wildman–Crippen LogP) is 4.05. The number of halogens is 1. The molecule has 1 aliphatic rings. The van der Waals surface area contributed by atoms with E-state index in [9.17, 15) is 4.39 Å².